The van der Waals surface area contributed by atoms with Crippen LogP contribution in [0.15, 0.2) is 0 Å². The second-order valence-corrected chi connectivity index (χ2v) is 5.70. The molecule has 0 heterocycles. The topological polar surface area (TPSA) is 15.3 Å². The van der Waals surface area contributed by atoms with Crippen molar-refractivity contribution in [3.63, 3.8) is 0 Å². The zero-order valence-electron chi connectivity index (χ0n) is 12.2. The molecular weight excluding hydrogens is 208 g/mol. The molecule has 1 N–H and O–H groups in total. The van der Waals surface area contributed by atoms with Crippen LogP contribution in [0.3, 0.4) is 0 Å². The molecule has 0 spiro atoms. The molecule has 102 valence electrons. The van der Waals surface area contributed by atoms with Gasteiger partial charge in [0.25, 0.3) is 0 Å². The average Bonchev–Trinajstić information content (AvgIpc) is 2.62. The summed E-state index contributed by atoms with van der Waals surface area (Å²) in [6.45, 7) is 6.96. The van der Waals surface area contributed by atoms with Crippen LogP contribution in [-0.2, 0) is 0 Å². The van der Waals surface area contributed by atoms with Gasteiger partial charge in [0.1, 0.15) is 0 Å². The van der Waals surface area contributed by atoms with Gasteiger partial charge in [0.05, 0.1) is 0 Å². The van der Waals surface area contributed by atoms with Crippen LogP contribution in [0.25, 0.3) is 0 Å². The van der Waals surface area contributed by atoms with E-state index in [0.717, 1.165) is 12.1 Å². The van der Waals surface area contributed by atoms with Gasteiger partial charge in [-0.05, 0) is 52.7 Å². The molecule has 2 heteroatoms. The van der Waals surface area contributed by atoms with E-state index in [9.17, 15) is 0 Å². The van der Waals surface area contributed by atoms with Crippen LogP contribution in [0, 0.1) is 0 Å². The van der Waals surface area contributed by atoms with Crippen molar-refractivity contribution in [1.29, 1.82) is 0 Å². The third-order valence-electron chi connectivity index (χ3n) is 4.26. The minimum Gasteiger partial charge on any atom is -0.317 e. The zero-order chi connectivity index (χ0) is 12.5. The molecule has 17 heavy (non-hydrogen) atoms. The summed E-state index contributed by atoms with van der Waals surface area (Å²) in [4.78, 5) is 2.64. The van der Waals surface area contributed by atoms with Crippen LogP contribution in [0.5, 0.6) is 0 Å². The Morgan fingerprint density at radius 1 is 1.12 bits per heavy atom. The molecule has 0 saturated heterocycles. The van der Waals surface area contributed by atoms with E-state index in [1.54, 1.807) is 0 Å². The Bertz CT molecular complexity index is 174. The van der Waals surface area contributed by atoms with Crippen molar-refractivity contribution in [3.05, 3.63) is 0 Å². The lowest BCUT2D eigenvalue weighted by atomic mass is 10.0. The van der Waals surface area contributed by atoms with Gasteiger partial charge in [-0.2, -0.15) is 0 Å². The van der Waals surface area contributed by atoms with Crippen LogP contribution in [0.4, 0.5) is 0 Å². The third-order valence-corrected chi connectivity index (χ3v) is 4.26. The largest absolute Gasteiger partial charge is 0.317 e. The van der Waals surface area contributed by atoms with Gasteiger partial charge >= 0.3 is 0 Å². The summed E-state index contributed by atoms with van der Waals surface area (Å²) in [5.74, 6) is 0. The van der Waals surface area contributed by atoms with E-state index < -0.39 is 0 Å². The summed E-state index contributed by atoms with van der Waals surface area (Å²) in [5, 5.41) is 3.51. The highest BCUT2D eigenvalue weighted by Crippen LogP contribution is 2.22. The molecule has 0 aliphatic heterocycles. The molecule has 2 nitrogen and oxygen atoms in total. The van der Waals surface area contributed by atoms with Crippen molar-refractivity contribution in [1.82, 2.24) is 10.2 Å². The van der Waals surface area contributed by atoms with Gasteiger partial charge in [0, 0.05) is 12.1 Å². The molecule has 0 amide bonds. The van der Waals surface area contributed by atoms with E-state index in [1.807, 2.05) is 0 Å². The molecule has 1 rings (SSSR count). The van der Waals surface area contributed by atoms with E-state index >= 15 is 0 Å². The van der Waals surface area contributed by atoms with E-state index in [4.69, 9.17) is 0 Å². The molecule has 1 fully saturated rings. The molecule has 0 bridgehead atoms. The van der Waals surface area contributed by atoms with Crippen molar-refractivity contribution in [2.45, 2.75) is 77.3 Å². The quantitative estimate of drug-likeness (QED) is 0.542. The summed E-state index contributed by atoms with van der Waals surface area (Å²) in [7, 11) is 2.33. The fraction of sp³-hybridized carbons (Fsp3) is 1.00. The Morgan fingerprint density at radius 2 is 1.76 bits per heavy atom. The zero-order valence-corrected chi connectivity index (χ0v) is 12.2. The summed E-state index contributed by atoms with van der Waals surface area (Å²) in [6.07, 6.45) is 11.2. The first-order chi connectivity index (χ1) is 8.25. The second-order valence-electron chi connectivity index (χ2n) is 5.70. The Labute approximate surface area is 108 Å². The fourth-order valence-corrected chi connectivity index (χ4v) is 2.84. The van der Waals surface area contributed by atoms with E-state index in [2.05, 4.69) is 31.1 Å². The van der Waals surface area contributed by atoms with E-state index in [0.29, 0.717) is 0 Å². The third kappa shape index (κ3) is 5.87. The summed E-state index contributed by atoms with van der Waals surface area (Å²) < 4.78 is 0. The average molecular weight is 240 g/mol. The van der Waals surface area contributed by atoms with Crippen LogP contribution in [0.1, 0.15) is 65.2 Å². The minimum absolute atomic E-state index is 0.724. The Hall–Kier alpha value is -0.0800. The van der Waals surface area contributed by atoms with Crippen molar-refractivity contribution in [2.24, 2.45) is 0 Å². The molecule has 1 saturated carbocycles. The predicted octanol–water partition coefficient (Wildman–Crippen LogP) is 3.42. The lowest BCUT2D eigenvalue weighted by Crippen LogP contribution is -2.39. The number of hydrogen-bond acceptors (Lipinski definition) is 2. The van der Waals surface area contributed by atoms with Gasteiger partial charge in [0.15, 0.2) is 0 Å². The Morgan fingerprint density at radius 3 is 2.35 bits per heavy atom. The minimum atomic E-state index is 0.724. The number of nitrogens with zero attached hydrogens (tertiary/aromatic N) is 1. The molecule has 0 aromatic rings. The van der Waals surface area contributed by atoms with Crippen LogP contribution in [-0.4, -0.2) is 37.1 Å². The number of hydrogen-bond donors (Lipinski definition) is 1. The fourth-order valence-electron chi connectivity index (χ4n) is 2.84. The molecule has 1 aliphatic rings. The van der Waals surface area contributed by atoms with E-state index in [-0.39, 0.29) is 0 Å². The highest BCUT2D eigenvalue weighted by Gasteiger charge is 2.20. The lowest BCUT2D eigenvalue weighted by Gasteiger charge is -2.32. The van der Waals surface area contributed by atoms with Crippen molar-refractivity contribution in [2.75, 3.05) is 20.1 Å². The molecular formula is C15H32N2. The molecule has 0 radical (unpaired) electrons. The Balaban J connectivity index is 2.21. The van der Waals surface area contributed by atoms with E-state index in [1.165, 1.54) is 64.5 Å². The summed E-state index contributed by atoms with van der Waals surface area (Å²) in [5.41, 5.74) is 0. The Kier molecular flexibility index (Phi) is 7.87. The highest BCUT2D eigenvalue weighted by molar-refractivity contribution is 4.76. The number of nitrogens with one attached hydrogen (secondary N) is 1. The monoisotopic (exact) mass is 240 g/mol. The maximum Gasteiger partial charge on any atom is 0.00950 e. The van der Waals surface area contributed by atoms with Crippen LogP contribution >= 0.6 is 0 Å². The normalized spacial score (nSPS) is 20.5. The summed E-state index contributed by atoms with van der Waals surface area (Å²) >= 11 is 0. The standard InChI is InChI=1S/C15H32N2/c1-4-12-16-13-11-14(2)17(3)15-9-7-5-6-8-10-15/h14-16H,4-13H2,1-3H3. The predicted molar refractivity (Wildman–Crippen MR) is 76.5 cm³/mol. The summed E-state index contributed by atoms with van der Waals surface area (Å²) in [6, 6.07) is 1.57. The lowest BCUT2D eigenvalue weighted by molar-refractivity contribution is 0.160. The first-order valence-electron chi connectivity index (χ1n) is 7.68. The smallest absolute Gasteiger partial charge is 0.00950 e. The van der Waals surface area contributed by atoms with Gasteiger partial charge in [-0.25, -0.2) is 0 Å². The van der Waals surface area contributed by atoms with Gasteiger partial charge in [0.2, 0.25) is 0 Å². The maximum atomic E-state index is 3.51. The molecule has 1 atom stereocenters. The molecule has 0 aromatic carbocycles. The van der Waals surface area contributed by atoms with Crippen molar-refractivity contribution < 1.29 is 0 Å². The number of rotatable bonds is 7. The SMILES string of the molecule is CCCNCCC(C)N(C)C1CCCCCC1. The molecule has 1 unspecified atom stereocenters. The van der Waals surface area contributed by atoms with Gasteiger partial charge < -0.3 is 10.2 Å². The molecule has 0 aromatic heterocycles. The van der Waals surface area contributed by atoms with Crippen molar-refractivity contribution in [3.8, 4) is 0 Å². The maximum absolute atomic E-state index is 3.51. The first-order valence-corrected chi connectivity index (χ1v) is 7.68. The van der Waals surface area contributed by atoms with Crippen LogP contribution < -0.4 is 5.32 Å². The van der Waals surface area contributed by atoms with Gasteiger partial charge in [-0.1, -0.05) is 32.6 Å². The van der Waals surface area contributed by atoms with Gasteiger partial charge in [-0.3, -0.25) is 0 Å². The second kappa shape index (κ2) is 8.93. The molecule has 1 aliphatic carbocycles. The first kappa shape index (κ1) is 15.0. The van der Waals surface area contributed by atoms with Crippen LogP contribution in [0.2, 0.25) is 0 Å². The van der Waals surface area contributed by atoms with Gasteiger partial charge in [-0.15, -0.1) is 0 Å². The van der Waals surface area contributed by atoms with Crippen molar-refractivity contribution >= 4 is 0 Å². The highest BCUT2D eigenvalue weighted by atomic mass is 15.2.